The van der Waals surface area contributed by atoms with Crippen molar-refractivity contribution < 1.29 is 14.7 Å². The van der Waals surface area contributed by atoms with Gasteiger partial charge in [0.15, 0.2) is 0 Å². The van der Waals surface area contributed by atoms with Crippen molar-refractivity contribution in [3.05, 3.63) is 58.1 Å². The summed E-state index contributed by atoms with van der Waals surface area (Å²) in [6.07, 6.45) is 1.36. The Balaban J connectivity index is 1.98. The molecule has 7 heteroatoms. The van der Waals surface area contributed by atoms with Crippen LogP contribution in [0.25, 0.3) is 0 Å². The quantitative estimate of drug-likeness (QED) is 0.526. The van der Waals surface area contributed by atoms with E-state index in [1.165, 1.54) is 12.3 Å². The van der Waals surface area contributed by atoms with Crippen LogP contribution in [0.3, 0.4) is 0 Å². The molecule has 25 heavy (non-hydrogen) atoms. The van der Waals surface area contributed by atoms with E-state index < -0.39 is 5.91 Å². The molecule has 3 N–H and O–H groups in total. The van der Waals surface area contributed by atoms with Gasteiger partial charge in [-0.05, 0) is 42.5 Å². The zero-order valence-electron chi connectivity index (χ0n) is 13.8. The molecule has 6 nitrogen and oxygen atoms in total. The van der Waals surface area contributed by atoms with Crippen LogP contribution in [0.1, 0.15) is 29.8 Å². The van der Waals surface area contributed by atoms with Crippen LogP contribution in [0, 0.1) is 5.92 Å². The summed E-state index contributed by atoms with van der Waals surface area (Å²) in [4.78, 5) is 23.7. The second kappa shape index (κ2) is 8.43. The van der Waals surface area contributed by atoms with E-state index in [2.05, 4.69) is 31.8 Å². The Bertz CT molecular complexity index is 802. The number of carbonyl (C=O) groups is 2. The summed E-state index contributed by atoms with van der Waals surface area (Å²) in [5.41, 5.74) is 3.89. The molecule has 0 atom stereocenters. The first-order chi connectivity index (χ1) is 11.9. The molecule has 2 rings (SSSR count). The van der Waals surface area contributed by atoms with Crippen molar-refractivity contribution in [2.45, 2.75) is 13.8 Å². The second-order valence-electron chi connectivity index (χ2n) is 5.62. The first-order valence-corrected chi connectivity index (χ1v) is 8.39. The van der Waals surface area contributed by atoms with Gasteiger partial charge in [0.25, 0.3) is 5.91 Å². The van der Waals surface area contributed by atoms with Gasteiger partial charge in [-0.1, -0.05) is 29.8 Å². The number of aromatic hydroxyl groups is 1. The molecule has 0 bridgehead atoms. The summed E-state index contributed by atoms with van der Waals surface area (Å²) < 4.78 is 0.789. The van der Waals surface area contributed by atoms with Crippen LogP contribution in [-0.4, -0.2) is 23.1 Å². The number of amides is 2. The number of rotatable bonds is 5. The Kier molecular flexibility index (Phi) is 6.30. The van der Waals surface area contributed by atoms with Crippen LogP contribution < -0.4 is 10.7 Å². The normalized spacial score (nSPS) is 10.9. The van der Waals surface area contributed by atoms with Gasteiger partial charge in [-0.2, -0.15) is 5.10 Å². The fourth-order valence-electron chi connectivity index (χ4n) is 1.85. The number of anilines is 1. The van der Waals surface area contributed by atoms with E-state index in [4.69, 9.17) is 0 Å². The maximum Gasteiger partial charge on any atom is 0.271 e. The summed E-state index contributed by atoms with van der Waals surface area (Å²) in [5, 5.41) is 16.3. The van der Waals surface area contributed by atoms with Gasteiger partial charge < -0.3 is 10.4 Å². The molecule has 2 aromatic rings. The van der Waals surface area contributed by atoms with Crippen LogP contribution in [0.2, 0.25) is 0 Å². The number of hydrogen-bond acceptors (Lipinski definition) is 4. The van der Waals surface area contributed by atoms with E-state index in [-0.39, 0.29) is 17.6 Å². The number of hydrogen-bond donors (Lipinski definition) is 3. The lowest BCUT2D eigenvalue weighted by molar-refractivity contribution is -0.118. The number of carbonyl (C=O) groups excluding carboxylic acids is 2. The molecule has 0 aliphatic rings. The summed E-state index contributed by atoms with van der Waals surface area (Å²) in [7, 11) is 0. The van der Waals surface area contributed by atoms with Gasteiger partial charge in [0.05, 0.1) is 6.21 Å². The van der Waals surface area contributed by atoms with Crippen LogP contribution in [0.5, 0.6) is 5.75 Å². The molecule has 0 fully saturated rings. The van der Waals surface area contributed by atoms with Crippen molar-refractivity contribution in [3.63, 3.8) is 0 Å². The first-order valence-electron chi connectivity index (χ1n) is 7.59. The Morgan fingerprint density at radius 3 is 2.48 bits per heavy atom. The Hall–Kier alpha value is -2.67. The number of nitrogens with one attached hydrogen (secondary N) is 2. The maximum absolute atomic E-state index is 12.0. The number of phenols is 1. The van der Waals surface area contributed by atoms with Crippen molar-refractivity contribution in [1.29, 1.82) is 0 Å². The lowest BCUT2D eigenvalue weighted by Gasteiger charge is -2.08. The van der Waals surface area contributed by atoms with Crippen LogP contribution in [-0.2, 0) is 4.79 Å². The monoisotopic (exact) mass is 403 g/mol. The molecule has 0 saturated heterocycles. The predicted octanol–water partition coefficient (Wildman–Crippen LogP) is 3.51. The highest BCUT2D eigenvalue weighted by Gasteiger charge is 2.08. The number of benzene rings is 2. The van der Waals surface area contributed by atoms with Gasteiger partial charge in [0.1, 0.15) is 5.75 Å². The molecule has 130 valence electrons. The third kappa shape index (κ3) is 5.42. The van der Waals surface area contributed by atoms with E-state index in [0.717, 1.165) is 4.47 Å². The topological polar surface area (TPSA) is 90.8 Å². The molecule has 2 aromatic carbocycles. The minimum atomic E-state index is -0.396. The highest BCUT2D eigenvalue weighted by atomic mass is 79.9. The Labute approximate surface area is 154 Å². The van der Waals surface area contributed by atoms with Crippen molar-refractivity contribution in [2.75, 3.05) is 5.32 Å². The number of nitrogens with zero attached hydrogens (tertiary/aromatic N) is 1. The molecule has 0 radical (unpaired) electrons. The average Bonchev–Trinajstić information content (AvgIpc) is 2.58. The first kappa shape index (κ1) is 18.7. The van der Waals surface area contributed by atoms with E-state index in [0.29, 0.717) is 16.8 Å². The molecule has 0 aromatic heterocycles. The molecule has 0 heterocycles. The van der Waals surface area contributed by atoms with E-state index in [1.54, 1.807) is 50.2 Å². The van der Waals surface area contributed by atoms with Gasteiger partial charge in [0, 0.05) is 27.2 Å². The third-order valence-corrected chi connectivity index (χ3v) is 3.79. The van der Waals surface area contributed by atoms with E-state index >= 15 is 0 Å². The zero-order chi connectivity index (χ0) is 18.4. The van der Waals surface area contributed by atoms with Gasteiger partial charge in [-0.3, -0.25) is 9.59 Å². The molecule has 0 aliphatic heterocycles. The van der Waals surface area contributed by atoms with Gasteiger partial charge in [-0.25, -0.2) is 5.43 Å². The van der Waals surface area contributed by atoms with Crippen LogP contribution >= 0.6 is 15.9 Å². The highest BCUT2D eigenvalue weighted by Crippen LogP contribution is 2.20. The van der Waals surface area contributed by atoms with E-state index in [1.807, 2.05) is 0 Å². The van der Waals surface area contributed by atoms with Gasteiger partial charge >= 0.3 is 0 Å². The summed E-state index contributed by atoms with van der Waals surface area (Å²) in [5.74, 6) is -0.540. The van der Waals surface area contributed by atoms with Gasteiger partial charge in [0.2, 0.25) is 5.91 Å². The second-order valence-corrected chi connectivity index (χ2v) is 6.54. The van der Waals surface area contributed by atoms with Crippen molar-refractivity contribution >= 4 is 39.6 Å². The predicted molar refractivity (Wildman–Crippen MR) is 101 cm³/mol. The molecular formula is C18H18BrN3O3. The Morgan fingerprint density at radius 1 is 1.16 bits per heavy atom. The largest absolute Gasteiger partial charge is 0.507 e. The lowest BCUT2D eigenvalue weighted by atomic mass is 10.1. The van der Waals surface area contributed by atoms with Crippen molar-refractivity contribution in [1.82, 2.24) is 5.43 Å². The molecule has 0 aliphatic carbocycles. The average molecular weight is 404 g/mol. The molecule has 0 unspecified atom stereocenters. The summed E-state index contributed by atoms with van der Waals surface area (Å²) >= 11 is 3.30. The smallest absolute Gasteiger partial charge is 0.271 e. The molecular weight excluding hydrogens is 386 g/mol. The summed E-state index contributed by atoms with van der Waals surface area (Å²) in [6, 6.07) is 11.4. The Morgan fingerprint density at radius 2 is 1.84 bits per heavy atom. The molecule has 0 saturated carbocycles. The highest BCUT2D eigenvalue weighted by molar-refractivity contribution is 9.10. The van der Waals surface area contributed by atoms with Crippen LogP contribution in [0.15, 0.2) is 52.0 Å². The fraction of sp³-hybridized carbons (Fsp3) is 0.167. The number of halogens is 1. The molecule has 2 amide bonds. The number of phenolic OH excluding ortho intramolecular Hbond substituents is 1. The zero-order valence-corrected chi connectivity index (χ0v) is 15.4. The SMILES string of the molecule is CC(C)C(=O)Nc1ccc(C(=O)N/N=C/c2cc(Br)ccc2O)cc1. The number of hydrazone groups is 1. The maximum atomic E-state index is 12.0. The van der Waals surface area contributed by atoms with E-state index in [9.17, 15) is 14.7 Å². The summed E-state index contributed by atoms with van der Waals surface area (Å²) in [6.45, 7) is 3.61. The minimum absolute atomic E-state index is 0.0615. The van der Waals surface area contributed by atoms with Gasteiger partial charge in [-0.15, -0.1) is 0 Å². The van der Waals surface area contributed by atoms with Crippen LogP contribution in [0.4, 0.5) is 5.69 Å². The third-order valence-electron chi connectivity index (χ3n) is 3.30. The van der Waals surface area contributed by atoms with Crippen molar-refractivity contribution in [2.24, 2.45) is 11.0 Å². The lowest BCUT2D eigenvalue weighted by Crippen LogP contribution is -2.19. The molecule has 0 spiro atoms. The minimum Gasteiger partial charge on any atom is -0.507 e. The fourth-order valence-corrected chi connectivity index (χ4v) is 2.22. The van der Waals surface area contributed by atoms with Crippen molar-refractivity contribution in [3.8, 4) is 5.75 Å². The standard InChI is InChI=1S/C18H18BrN3O3/c1-11(2)17(24)21-15-6-3-12(4-7-15)18(25)22-20-10-13-9-14(19)5-8-16(13)23/h3-11,23H,1-2H3,(H,21,24)(H,22,25)/b20-10+.